The molecule has 0 radical (unpaired) electrons. The van der Waals surface area contributed by atoms with Crippen molar-refractivity contribution in [2.75, 3.05) is 37.0 Å². The highest BCUT2D eigenvalue weighted by Gasteiger charge is 2.40. The molecule has 9 heteroatoms. The number of fused-ring (bicyclic) bond motifs is 1. The summed E-state index contributed by atoms with van der Waals surface area (Å²) in [4.78, 5) is 43.6. The number of carbonyl (C=O) groups is 3. The Morgan fingerprint density at radius 2 is 1.85 bits per heavy atom. The van der Waals surface area contributed by atoms with Gasteiger partial charge >= 0.3 is 0 Å². The predicted octanol–water partition coefficient (Wildman–Crippen LogP) is 4.20. The summed E-state index contributed by atoms with van der Waals surface area (Å²) in [5.74, 6) is -0.418. The molecule has 0 spiro atoms. The number of hydrogen-bond acceptors (Lipinski definition) is 5. The molecular weight excluding hydrogens is 462 g/mol. The minimum Gasteiger partial charge on any atom is -0.495 e. The molecule has 2 heterocycles. The van der Waals surface area contributed by atoms with E-state index in [1.807, 2.05) is 18.2 Å². The van der Waals surface area contributed by atoms with Crippen LogP contribution < -0.4 is 15.0 Å². The number of anilines is 2. The number of amides is 3. The molecule has 4 rings (SSSR count). The normalized spacial score (nSPS) is 18.4. The van der Waals surface area contributed by atoms with Gasteiger partial charge in [-0.25, -0.2) is 0 Å². The Bertz CT molecular complexity index is 1060. The van der Waals surface area contributed by atoms with Crippen molar-refractivity contribution in [2.45, 2.75) is 35.8 Å². The minimum atomic E-state index is -0.888. The van der Waals surface area contributed by atoms with Crippen LogP contribution in [-0.4, -0.2) is 54.6 Å². The van der Waals surface area contributed by atoms with Gasteiger partial charge in [-0.1, -0.05) is 36.6 Å². The van der Waals surface area contributed by atoms with E-state index >= 15 is 0 Å². The van der Waals surface area contributed by atoms with Crippen LogP contribution in [0.5, 0.6) is 5.75 Å². The van der Waals surface area contributed by atoms with Crippen molar-refractivity contribution < 1.29 is 19.1 Å². The van der Waals surface area contributed by atoms with Gasteiger partial charge in [0, 0.05) is 23.7 Å². The average molecular weight is 488 g/mol. The summed E-state index contributed by atoms with van der Waals surface area (Å²) in [6.07, 6.45) is 4.09. The summed E-state index contributed by atoms with van der Waals surface area (Å²) in [7, 11) is 1.51. The van der Waals surface area contributed by atoms with Crippen LogP contribution in [-0.2, 0) is 14.4 Å². The van der Waals surface area contributed by atoms with Crippen LogP contribution >= 0.6 is 23.4 Å². The summed E-state index contributed by atoms with van der Waals surface area (Å²) >= 11 is 7.42. The van der Waals surface area contributed by atoms with Gasteiger partial charge in [0.1, 0.15) is 12.3 Å². The first-order valence-corrected chi connectivity index (χ1v) is 12.2. The van der Waals surface area contributed by atoms with Gasteiger partial charge in [-0.3, -0.25) is 14.4 Å². The van der Waals surface area contributed by atoms with Gasteiger partial charge in [-0.05, 0) is 43.2 Å². The standard InChI is InChI=1S/C24H26ClN3O4S/c1-32-19-11-10-16(14-17(19)25)26-21(29)15-28-18-8-4-5-9-20(18)33-22(24(28)31)23(30)27-12-6-2-3-7-13-27/h4-5,8-11,14,22H,2-3,6-7,12-13,15H2,1H3,(H,26,29). The highest BCUT2D eigenvalue weighted by atomic mass is 35.5. The van der Waals surface area contributed by atoms with Crippen LogP contribution in [0.3, 0.4) is 0 Å². The molecule has 2 aromatic rings. The van der Waals surface area contributed by atoms with E-state index in [0.717, 1.165) is 30.6 Å². The molecule has 2 aromatic carbocycles. The largest absolute Gasteiger partial charge is 0.495 e. The van der Waals surface area contributed by atoms with Crippen LogP contribution in [0, 0.1) is 0 Å². The number of halogens is 1. The number of carbonyl (C=O) groups excluding carboxylic acids is 3. The second-order valence-corrected chi connectivity index (χ2v) is 9.58. The van der Waals surface area contributed by atoms with Crippen LogP contribution in [0.1, 0.15) is 25.7 Å². The van der Waals surface area contributed by atoms with E-state index in [1.165, 1.54) is 23.8 Å². The molecule has 2 aliphatic heterocycles. The zero-order valence-corrected chi connectivity index (χ0v) is 20.0. The molecule has 7 nitrogen and oxygen atoms in total. The van der Waals surface area contributed by atoms with Gasteiger partial charge < -0.3 is 19.9 Å². The number of nitrogens with one attached hydrogen (secondary N) is 1. The van der Waals surface area contributed by atoms with Gasteiger partial charge in [0.2, 0.25) is 11.8 Å². The van der Waals surface area contributed by atoms with Crippen LogP contribution in [0.2, 0.25) is 5.02 Å². The zero-order valence-electron chi connectivity index (χ0n) is 18.4. The van der Waals surface area contributed by atoms with E-state index < -0.39 is 5.25 Å². The van der Waals surface area contributed by atoms with Crippen molar-refractivity contribution in [3.05, 3.63) is 47.5 Å². The van der Waals surface area contributed by atoms with Gasteiger partial charge in [0.05, 0.1) is 17.8 Å². The number of benzene rings is 2. The minimum absolute atomic E-state index is 0.172. The van der Waals surface area contributed by atoms with E-state index in [4.69, 9.17) is 16.3 Å². The third-order valence-corrected chi connectivity index (χ3v) is 7.30. The summed E-state index contributed by atoms with van der Waals surface area (Å²) in [5, 5.41) is 2.26. The first-order valence-electron chi connectivity index (χ1n) is 11.0. The smallest absolute Gasteiger partial charge is 0.250 e. The molecule has 2 aliphatic rings. The van der Waals surface area contributed by atoms with E-state index in [0.29, 0.717) is 35.2 Å². The second kappa shape index (κ2) is 10.5. The summed E-state index contributed by atoms with van der Waals surface area (Å²) in [6.45, 7) is 1.14. The molecule has 0 aromatic heterocycles. The van der Waals surface area contributed by atoms with Crippen molar-refractivity contribution in [1.82, 2.24) is 4.90 Å². The summed E-state index contributed by atoms with van der Waals surface area (Å²) < 4.78 is 5.14. The maximum Gasteiger partial charge on any atom is 0.250 e. The Morgan fingerprint density at radius 3 is 2.55 bits per heavy atom. The van der Waals surface area contributed by atoms with Crippen molar-refractivity contribution in [2.24, 2.45) is 0 Å². The summed E-state index contributed by atoms with van der Waals surface area (Å²) in [5.41, 5.74) is 1.13. The number of likely N-dealkylation sites (tertiary alicyclic amines) is 1. The molecule has 1 unspecified atom stereocenters. The molecule has 3 amide bonds. The SMILES string of the molecule is COc1ccc(NC(=O)CN2C(=O)C(C(=O)N3CCCCCC3)Sc3ccccc32)cc1Cl. The molecule has 1 N–H and O–H groups in total. The Kier molecular flexibility index (Phi) is 7.45. The number of nitrogens with zero attached hydrogens (tertiary/aromatic N) is 2. The highest BCUT2D eigenvalue weighted by Crippen LogP contribution is 2.40. The zero-order chi connectivity index (χ0) is 23.4. The lowest BCUT2D eigenvalue weighted by Gasteiger charge is -2.34. The third-order valence-electron chi connectivity index (χ3n) is 5.77. The Labute approximate surface area is 202 Å². The van der Waals surface area contributed by atoms with Crippen molar-refractivity contribution in [1.29, 1.82) is 0 Å². The van der Waals surface area contributed by atoms with Crippen LogP contribution in [0.4, 0.5) is 11.4 Å². The molecule has 1 saturated heterocycles. The van der Waals surface area contributed by atoms with Crippen LogP contribution in [0.25, 0.3) is 0 Å². The molecule has 0 aliphatic carbocycles. The van der Waals surface area contributed by atoms with Gasteiger partial charge in [-0.2, -0.15) is 0 Å². The number of rotatable bonds is 5. The van der Waals surface area contributed by atoms with Crippen molar-refractivity contribution >= 4 is 52.5 Å². The lowest BCUT2D eigenvalue weighted by atomic mass is 10.2. The molecule has 0 bridgehead atoms. The quantitative estimate of drug-likeness (QED) is 0.639. The average Bonchev–Trinajstić information content (AvgIpc) is 3.10. The molecule has 1 atom stereocenters. The number of methoxy groups -OCH3 is 1. The van der Waals surface area contributed by atoms with Crippen molar-refractivity contribution in [3.8, 4) is 5.75 Å². The number of para-hydroxylation sites is 1. The molecular formula is C24H26ClN3O4S. The fourth-order valence-electron chi connectivity index (χ4n) is 4.08. The molecule has 0 saturated carbocycles. The van der Waals surface area contributed by atoms with Gasteiger partial charge in [-0.15, -0.1) is 11.8 Å². The lowest BCUT2D eigenvalue weighted by molar-refractivity contribution is -0.135. The Hall–Kier alpha value is -2.71. The fourth-order valence-corrected chi connectivity index (χ4v) is 5.53. The molecule has 1 fully saturated rings. The van der Waals surface area contributed by atoms with E-state index in [-0.39, 0.29) is 24.3 Å². The predicted molar refractivity (Wildman–Crippen MR) is 130 cm³/mol. The number of thioether (sulfide) groups is 1. The maximum absolute atomic E-state index is 13.4. The first-order chi connectivity index (χ1) is 16.0. The Balaban J connectivity index is 1.53. The summed E-state index contributed by atoms with van der Waals surface area (Å²) in [6, 6.07) is 12.3. The number of ether oxygens (including phenoxy) is 1. The van der Waals surface area contributed by atoms with Crippen molar-refractivity contribution in [3.63, 3.8) is 0 Å². The second-order valence-electron chi connectivity index (χ2n) is 8.03. The first kappa shape index (κ1) is 23.4. The molecule has 174 valence electrons. The van der Waals surface area contributed by atoms with E-state index in [9.17, 15) is 14.4 Å². The van der Waals surface area contributed by atoms with Gasteiger partial charge in [0.15, 0.2) is 5.25 Å². The van der Waals surface area contributed by atoms with Crippen LogP contribution in [0.15, 0.2) is 47.4 Å². The molecule has 33 heavy (non-hydrogen) atoms. The van der Waals surface area contributed by atoms with Gasteiger partial charge in [0.25, 0.3) is 5.91 Å². The topological polar surface area (TPSA) is 79.0 Å². The fraction of sp³-hybridized carbons (Fsp3) is 0.375. The van der Waals surface area contributed by atoms with E-state index in [1.54, 1.807) is 29.2 Å². The maximum atomic E-state index is 13.4. The third kappa shape index (κ3) is 5.28. The highest BCUT2D eigenvalue weighted by molar-refractivity contribution is 8.01. The number of hydrogen-bond donors (Lipinski definition) is 1. The van der Waals surface area contributed by atoms with E-state index in [2.05, 4.69) is 5.32 Å². The Morgan fingerprint density at radius 1 is 1.12 bits per heavy atom. The lowest BCUT2D eigenvalue weighted by Crippen LogP contribution is -2.51. The monoisotopic (exact) mass is 487 g/mol.